The molecule has 1 N–H and O–H groups in total. The minimum atomic E-state index is 0.377. The second kappa shape index (κ2) is 5.26. The van der Waals surface area contributed by atoms with Crippen molar-refractivity contribution in [1.29, 1.82) is 0 Å². The molecule has 94 valence electrons. The molecule has 0 aromatic heterocycles. The zero-order valence-electron chi connectivity index (χ0n) is 11.3. The van der Waals surface area contributed by atoms with Crippen LogP contribution >= 0.6 is 0 Å². The van der Waals surface area contributed by atoms with Crippen molar-refractivity contribution < 1.29 is 5.11 Å². The Morgan fingerprint density at radius 2 is 1.78 bits per heavy atom. The summed E-state index contributed by atoms with van der Waals surface area (Å²) in [6.07, 6.45) is 1.07. The molecular weight excluding hydrogens is 220 g/mol. The Morgan fingerprint density at radius 3 is 2.44 bits per heavy atom. The fourth-order valence-electron chi connectivity index (χ4n) is 2.33. The van der Waals surface area contributed by atoms with Crippen molar-refractivity contribution in [2.75, 3.05) is 0 Å². The van der Waals surface area contributed by atoms with Crippen molar-refractivity contribution >= 4 is 0 Å². The molecule has 1 heteroatoms. The number of rotatable bonds is 3. The van der Waals surface area contributed by atoms with Gasteiger partial charge in [0.25, 0.3) is 0 Å². The monoisotopic (exact) mass is 240 g/mol. The highest BCUT2D eigenvalue weighted by Crippen LogP contribution is 2.38. The summed E-state index contributed by atoms with van der Waals surface area (Å²) in [4.78, 5) is 0. The lowest BCUT2D eigenvalue weighted by Gasteiger charge is -2.17. The number of hydrogen-bond acceptors (Lipinski definition) is 1. The lowest BCUT2D eigenvalue weighted by atomic mass is 9.88. The maximum Gasteiger partial charge on any atom is 0.123 e. The van der Waals surface area contributed by atoms with E-state index in [-0.39, 0.29) is 0 Å². The van der Waals surface area contributed by atoms with E-state index in [1.54, 1.807) is 6.07 Å². The molecule has 2 aromatic rings. The van der Waals surface area contributed by atoms with Crippen LogP contribution in [0.1, 0.15) is 37.3 Å². The maximum absolute atomic E-state index is 10.2. The molecule has 1 unspecified atom stereocenters. The smallest absolute Gasteiger partial charge is 0.123 e. The standard InChI is InChI=1S/C17H20O/c1-4-12(2)14-10-7-11-16(18)17(14)15-9-6-5-8-13(15)3/h5-12,18H,4H2,1-3H3. The van der Waals surface area contributed by atoms with Crippen LogP contribution in [0.5, 0.6) is 5.75 Å². The first-order chi connectivity index (χ1) is 8.65. The van der Waals surface area contributed by atoms with E-state index in [0.717, 1.165) is 17.5 Å². The molecule has 0 heterocycles. The van der Waals surface area contributed by atoms with Crippen LogP contribution in [0.15, 0.2) is 42.5 Å². The van der Waals surface area contributed by atoms with Crippen molar-refractivity contribution in [3.8, 4) is 16.9 Å². The molecule has 1 nitrogen and oxygen atoms in total. The van der Waals surface area contributed by atoms with Gasteiger partial charge in [0.15, 0.2) is 0 Å². The van der Waals surface area contributed by atoms with Gasteiger partial charge in [-0.25, -0.2) is 0 Å². The van der Waals surface area contributed by atoms with Gasteiger partial charge in [-0.2, -0.15) is 0 Å². The molecule has 0 saturated heterocycles. The van der Waals surface area contributed by atoms with Gasteiger partial charge in [0.1, 0.15) is 5.75 Å². The highest BCUT2D eigenvalue weighted by Gasteiger charge is 2.15. The highest BCUT2D eigenvalue weighted by atomic mass is 16.3. The highest BCUT2D eigenvalue weighted by molar-refractivity contribution is 5.76. The molecule has 18 heavy (non-hydrogen) atoms. The molecule has 0 aliphatic carbocycles. The predicted octanol–water partition coefficient (Wildman–Crippen LogP) is 4.88. The summed E-state index contributed by atoms with van der Waals surface area (Å²) in [7, 11) is 0. The van der Waals surface area contributed by atoms with Crippen LogP contribution in [0.25, 0.3) is 11.1 Å². The van der Waals surface area contributed by atoms with E-state index in [2.05, 4.69) is 39.0 Å². The minimum absolute atomic E-state index is 0.377. The van der Waals surface area contributed by atoms with Gasteiger partial charge in [0.2, 0.25) is 0 Å². The van der Waals surface area contributed by atoms with E-state index >= 15 is 0 Å². The Balaban J connectivity index is 2.66. The fraction of sp³-hybridized carbons (Fsp3) is 0.294. The zero-order valence-corrected chi connectivity index (χ0v) is 11.3. The summed E-state index contributed by atoms with van der Waals surface area (Å²) in [5.41, 5.74) is 4.55. The molecule has 1 atom stereocenters. The number of aromatic hydroxyl groups is 1. The predicted molar refractivity (Wildman–Crippen MR) is 77.0 cm³/mol. The molecule has 2 aromatic carbocycles. The third-order valence-electron chi connectivity index (χ3n) is 3.63. The first-order valence-corrected chi connectivity index (χ1v) is 6.53. The van der Waals surface area contributed by atoms with Gasteiger partial charge in [-0.05, 0) is 42.0 Å². The third kappa shape index (κ3) is 2.26. The van der Waals surface area contributed by atoms with E-state index in [1.807, 2.05) is 18.2 Å². The number of aryl methyl sites for hydroxylation is 1. The van der Waals surface area contributed by atoms with Gasteiger partial charge in [-0.15, -0.1) is 0 Å². The van der Waals surface area contributed by atoms with E-state index in [9.17, 15) is 5.11 Å². The molecule has 0 radical (unpaired) electrons. The first kappa shape index (κ1) is 12.7. The largest absolute Gasteiger partial charge is 0.507 e. The number of phenolic OH excluding ortho intramolecular Hbond substituents is 1. The summed E-state index contributed by atoms with van der Waals surface area (Å²) in [6.45, 7) is 6.47. The van der Waals surface area contributed by atoms with E-state index in [0.29, 0.717) is 11.7 Å². The van der Waals surface area contributed by atoms with Crippen molar-refractivity contribution in [3.05, 3.63) is 53.6 Å². The van der Waals surface area contributed by atoms with Gasteiger partial charge in [-0.1, -0.05) is 50.2 Å². The summed E-state index contributed by atoms with van der Waals surface area (Å²) in [5.74, 6) is 0.828. The quantitative estimate of drug-likeness (QED) is 0.810. The average Bonchev–Trinajstić information content (AvgIpc) is 2.39. The number of phenols is 1. The Kier molecular flexibility index (Phi) is 3.71. The molecule has 0 aliphatic rings. The second-order valence-corrected chi connectivity index (χ2v) is 4.87. The van der Waals surface area contributed by atoms with Crippen LogP contribution in [0.4, 0.5) is 0 Å². The zero-order chi connectivity index (χ0) is 13.1. The van der Waals surface area contributed by atoms with Crippen LogP contribution < -0.4 is 0 Å². The van der Waals surface area contributed by atoms with Gasteiger partial charge in [0.05, 0.1) is 0 Å². The van der Waals surface area contributed by atoms with E-state index < -0.39 is 0 Å². The molecule has 0 amide bonds. The summed E-state index contributed by atoms with van der Waals surface area (Å²) in [5, 5.41) is 10.2. The Bertz CT molecular complexity index is 543. The molecule has 0 bridgehead atoms. The van der Waals surface area contributed by atoms with Crippen LogP contribution in [0.2, 0.25) is 0 Å². The number of hydrogen-bond donors (Lipinski definition) is 1. The molecule has 0 aliphatic heterocycles. The van der Waals surface area contributed by atoms with Gasteiger partial charge < -0.3 is 5.11 Å². The van der Waals surface area contributed by atoms with Crippen molar-refractivity contribution in [1.82, 2.24) is 0 Å². The van der Waals surface area contributed by atoms with Crippen LogP contribution in [0.3, 0.4) is 0 Å². The third-order valence-corrected chi connectivity index (χ3v) is 3.63. The SMILES string of the molecule is CCC(C)c1cccc(O)c1-c1ccccc1C. The van der Waals surface area contributed by atoms with Gasteiger partial charge >= 0.3 is 0 Å². The fourth-order valence-corrected chi connectivity index (χ4v) is 2.33. The van der Waals surface area contributed by atoms with Gasteiger partial charge in [-0.3, -0.25) is 0 Å². The Labute approximate surface area is 109 Å². The molecular formula is C17H20O. The van der Waals surface area contributed by atoms with E-state index in [1.165, 1.54) is 11.1 Å². The van der Waals surface area contributed by atoms with Crippen LogP contribution in [0, 0.1) is 6.92 Å². The summed E-state index contributed by atoms with van der Waals surface area (Å²) < 4.78 is 0. The molecule has 0 saturated carbocycles. The maximum atomic E-state index is 10.2. The first-order valence-electron chi connectivity index (χ1n) is 6.53. The molecule has 0 fully saturated rings. The normalized spacial score (nSPS) is 12.4. The van der Waals surface area contributed by atoms with Crippen LogP contribution in [-0.2, 0) is 0 Å². The van der Waals surface area contributed by atoms with Crippen LogP contribution in [-0.4, -0.2) is 5.11 Å². The van der Waals surface area contributed by atoms with Gasteiger partial charge in [0, 0.05) is 5.56 Å². The van der Waals surface area contributed by atoms with E-state index in [4.69, 9.17) is 0 Å². The van der Waals surface area contributed by atoms with Crippen molar-refractivity contribution in [3.63, 3.8) is 0 Å². The average molecular weight is 240 g/mol. The lowest BCUT2D eigenvalue weighted by molar-refractivity contribution is 0.476. The lowest BCUT2D eigenvalue weighted by Crippen LogP contribution is -1.96. The topological polar surface area (TPSA) is 20.2 Å². The summed E-state index contributed by atoms with van der Waals surface area (Å²) >= 11 is 0. The Morgan fingerprint density at radius 1 is 1.06 bits per heavy atom. The minimum Gasteiger partial charge on any atom is -0.507 e. The number of benzene rings is 2. The Hall–Kier alpha value is -1.76. The summed E-state index contributed by atoms with van der Waals surface area (Å²) in [6, 6.07) is 14.0. The van der Waals surface area contributed by atoms with Crippen molar-refractivity contribution in [2.45, 2.75) is 33.1 Å². The molecule has 2 rings (SSSR count). The van der Waals surface area contributed by atoms with Crippen molar-refractivity contribution in [2.24, 2.45) is 0 Å². The second-order valence-electron chi connectivity index (χ2n) is 4.87. The molecule has 0 spiro atoms.